The van der Waals surface area contributed by atoms with Gasteiger partial charge in [-0.2, -0.15) is 4.31 Å². The van der Waals surface area contributed by atoms with Crippen molar-refractivity contribution in [2.45, 2.75) is 11.3 Å². The number of morpholine rings is 1. The van der Waals surface area contributed by atoms with Gasteiger partial charge in [0.1, 0.15) is 5.69 Å². The van der Waals surface area contributed by atoms with E-state index in [-0.39, 0.29) is 49.0 Å². The highest BCUT2D eigenvalue weighted by Gasteiger charge is 2.28. The van der Waals surface area contributed by atoms with Crippen LogP contribution in [0.15, 0.2) is 47.4 Å². The number of anilines is 2. The third kappa shape index (κ3) is 4.88. The largest absolute Gasteiger partial charge is 0.379 e. The summed E-state index contributed by atoms with van der Waals surface area (Å²) in [6, 6.07) is 10.4. The van der Waals surface area contributed by atoms with Gasteiger partial charge in [-0.25, -0.2) is 8.42 Å². The second-order valence-corrected chi connectivity index (χ2v) is 8.36. The van der Waals surface area contributed by atoms with Gasteiger partial charge >= 0.3 is 0 Å². The van der Waals surface area contributed by atoms with E-state index in [1.807, 2.05) is 0 Å². The van der Waals surface area contributed by atoms with E-state index >= 15 is 0 Å². The van der Waals surface area contributed by atoms with Gasteiger partial charge in [-0.1, -0.05) is 12.1 Å². The van der Waals surface area contributed by atoms with Crippen LogP contribution in [0, 0.1) is 10.1 Å². The molecule has 1 aliphatic rings. The molecule has 1 fully saturated rings. The number of benzene rings is 2. The Bertz CT molecular complexity index is 1020. The topological polar surface area (TPSA) is 145 Å². The molecule has 11 heteroatoms. The Balaban J connectivity index is 1.86. The molecule has 0 spiro atoms. The average Bonchev–Trinajstić information content (AvgIpc) is 2.69. The van der Waals surface area contributed by atoms with E-state index in [4.69, 9.17) is 10.5 Å². The van der Waals surface area contributed by atoms with Crippen molar-refractivity contribution < 1.29 is 22.9 Å². The molecule has 0 saturated carbocycles. The first kappa shape index (κ1) is 20.7. The fraction of sp³-hybridized carbons (Fsp3) is 0.278. The van der Waals surface area contributed by atoms with Crippen molar-refractivity contribution >= 4 is 33.0 Å². The van der Waals surface area contributed by atoms with Crippen LogP contribution in [0.1, 0.15) is 5.56 Å². The molecule has 1 amide bonds. The maximum absolute atomic E-state index is 12.7. The molecule has 3 rings (SSSR count). The number of carbonyl (C=O) groups excluding carboxylic acids is 1. The van der Waals surface area contributed by atoms with Crippen LogP contribution in [-0.4, -0.2) is 49.9 Å². The van der Waals surface area contributed by atoms with E-state index in [9.17, 15) is 23.3 Å². The molecule has 0 aromatic heterocycles. The van der Waals surface area contributed by atoms with Crippen LogP contribution in [0.5, 0.6) is 0 Å². The predicted molar refractivity (Wildman–Crippen MR) is 105 cm³/mol. The Morgan fingerprint density at radius 2 is 1.83 bits per heavy atom. The van der Waals surface area contributed by atoms with Crippen LogP contribution in [0.3, 0.4) is 0 Å². The number of ether oxygens (including phenoxy) is 1. The molecule has 3 N–H and O–H groups in total. The zero-order valence-electron chi connectivity index (χ0n) is 15.4. The minimum atomic E-state index is -3.85. The van der Waals surface area contributed by atoms with Gasteiger partial charge in [-0.3, -0.25) is 14.9 Å². The molecule has 0 bridgehead atoms. The standard InChI is InChI=1S/C18H20N4O6S/c19-18(23)11-13-1-3-14(4-2-13)20-16-6-5-15(12-17(16)22(24)25)29(26,27)21-7-9-28-10-8-21/h1-6,12,20H,7-11H2,(H2,19,23). The van der Waals surface area contributed by atoms with E-state index in [0.29, 0.717) is 11.3 Å². The first-order chi connectivity index (χ1) is 13.8. The number of nitro benzene ring substituents is 1. The number of hydrogen-bond donors (Lipinski definition) is 2. The van der Waals surface area contributed by atoms with Gasteiger partial charge in [-0.15, -0.1) is 0 Å². The van der Waals surface area contributed by atoms with Crippen molar-refractivity contribution in [1.82, 2.24) is 4.31 Å². The number of nitro groups is 1. The van der Waals surface area contributed by atoms with Crippen molar-refractivity contribution in [2.24, 2.45) is 5.73 Å². The molecule has 0 atom stereocenters. The summed E-state index contributed by atoms with van der Waals surface area (Å²) in [7, 11) is -3.85. The highest BCUT2D eigenvalue weighted by molar-refractivity contribution is 7.89. The van der Waals surface area contributed by atoms with Crippen LogP contribution in [0.4, 0.5) is 17.1 Å². The molecule has 29 heavy (non-hydrogen) atoms. The van der Waals surface area contributed by atoms with Crippen LogP contribution >= 0.6 is 0 Å². The molecule has 154 valence electrons. The van der Waals surface area contributed by atoms with E-state index in [2.05, 4.69) is 5.32 Å². The van der Waals surface area contributed by atoms with Crippen LogP contribution in [-0.2, 0) is 26.0 Å². The SMILES string of the molecule is NC(=O)Cc1ccc(Nc2ccc(S(=O)(=O)N3CCOCC3)cc2[N+](=O)[O-])cc1. The molecule has 1 heterocycles. The number of sulfonamides is 1. The van der Waals surface area contributed by atoms with Crippen LogP contribution in [0.2, 0.25) is 0 Å². The fourth-order valence-electron chi connectivity index (χ4n) is 2.93. The third-order valence-corrected chi connectivity index (χ3v) is 6.28. The van der Waals surface area contributed by atoms with Crippen LogP contribution in [0.25, 0.3) is 0 Å². The summed E-state index contributed by atoms with van der Waals surface area (Å²) in [5.41, 5.74) is 6.20. The smallest absolute Gasteiger partial charge is 0.294 e. The number of nitrogens with zero attached hydrogens (tertiary/aromatic N) is 2. The Morgan fingerprint density at radius 1 is 1.17 bits per heavy atom. The fourth-order valence-corrected chi connectivity index (χ4v) is 4.36. The van der Waals surface area contributed by atoms with Gasteiger partial charge in [0.15, 0.2) is 0 Å². The summed E-state index contributed by atoms with van der Waals surface area (Å²) in [4.78, 5) is 21.7. The second-order valence-electron chi connectivity index (χ2n) is 6.42. The molecule has 0 radical (unpaired) electrons. The maximum atomic E-state index is 12.7. The van der Waals surface area contributed by atoms with Gasteiger partial charge in [0.05, 0.1) is 29.5 Å². The summed E-state index contributed by atoms with van der Waals surface area (Å²) in [6.07, 6.45) is 0.0918. The minimum Gasteiger partial charge on any atom is -0.379 e. The van der Waals surface area contributed by atoms with E-state index < -0.39 is 20.9 Å². The van der Waals surface area contributed by atoms with Gasteiger partial charge in [-0.05, 0) is 29.8 Å². The zero-order chi connectivity index (χ0) is 21.0. The summed E-state index contributed by atoms with van der Waals surface area (Å²) in [6.45, 7) is 0.973. The summed E-state index contributed by atoms with van der Waals surface area (Å²) < 4.78 is 31.9. The summed E-state index contributed by atoms with van der Waals surface area (Å²) in [5.74, 6) is -0.460. The lowest BCUT2D eigenvalue weighted by Gasteiger charge is -2.26. The molecule has 10 nitrogen and oxygen atoms in total. The Kier molecular flexibility index (Phi) is 6.11. The normalized spacial score (nSPS) is 15.0. The molecule has 0 unspecified atom stereocenters. The van der Waals surface area contributed by atoms with Crippen molar-refractivity contribution in [2.75, 3.05) is 31.6 Å². The monoisotopic (exact) mass is 420 g/mol. The Hall–Kier alpha value is -3.02. The highest BCUT2D eigenvalue weighted by atomic mass is 32.2. The minimum absolute atomic E-state index is 0.0918. The van der Waals surface area contributed by atoms with E-state index in [1.54, 1.807) is 24.3 Å². The van der Waals surface area contributed by atoms with Crippen molar-refractivity contribution in [3.05, 3.63) is 58.1 Å². The maximum Gasteiger partial charge on any atom is 0.294 e. The molecule has 1 saturated heterocycles. The first-order valence-corrected chi connectivity index (χ1v) is 10.2. The number of nitrogens with two attached hydrogens (primary N) is 1. The van der Waals surface area contributed by atoms with E-state index in [0.717, 1.165) is 6.07 Å². The van der Waals surface area contributed by atoms with Gasteiger partial charge < -0.3 is 15.8 Å². The summed E-state index contributed by atoms with van der Waals surface area (Å²) >= 11 is 0. The third-order valence-electron chi connectivity index (χ3n) is 4.39. The van der Waals surface area contributed by atoms with Crippen LogP contribution < -0.4 is 11.1 Å². The number of nitrogens with one attached hydrogen (secondary N) is 1. The lowest BCUT2D eigenvalue weighted by molar-refractivity contribution is -0.384. The van der Waals surface area contributed by atoms with Crippen molar-refractivity contribution in [3.8, 4) is 0 Å². The predicted octanol–water partition coefficient (Wildman–Crippen LogP) is 1.39. The van der Waals surface area contributed by atoms with Gasteiger partial charge in [0, 0.05) is 24.8 Å². The average molecular weight is 420 g/mol. The number of hydrogen-bond acceptors (Lipinski definition) is 7. The number of primary amides is 1. The molecular formula is C18H20N4O6S. The number of carbonyl (C=O) groups is 1. The van der Waals surface area contributed by atoms with Crippen molar-refractivity contribution in [3.63, 3.8) is 0 Å². The second kappa shape index (κ2) is 8.55. The molecule has 2 aromatic rings. The van der Waals surface area contributed by atoms with Gasteiger partial charge in [0.25, 0.3) is 5.69 Å². The highest BCUT2D eigenvalue weighted by Crippen LogP contribution is 2.31. The zero-order valence-corrected chi connectivity index (χ0v) is 16.2. The summed E-state index contributed by atoms with van der Waals surface area (Å²) in [5, 5.41) is 14.4. The quantitative estimate of drug-likeness (QED) is 0.508. The first-order valence-electron chi connectivity index (χ1n) is 8.78. The van der Waals surface area contributed by atoms with Crippen molar-refractivity contribution in [1.29, 1.82) is 0 Å². The lowest BCUT2D eigenvalue weighted by Crippen LogP contribution is -2.40. The molecule has 1 aliphatic heterocycles. The van der Waals surface area contributed by atoms with E-state index in [1.165, 1.54) is 16.4 Å². The lowest BCUT2D eigenvalue weighted by atomic mass is 10.1. The molecule has 2 aromatic carbocycles. The molecular weight excluding hydrogens is 400 g/mol. The Labute approximate surface area is 167 Å². The Morgan fingerprint density at radius 3 is 2.41 bits per heavy atom. The molecule has 0 aliphatic carbocycles. The van der Waals surface area contributed by atoms with Gasteiger partial charge in [0.2, 0.25) is 15.9 Å². The number of rotatable bonds is 7. The number of amides is 1.